The molecule has 0 saturated carbocycles. The van der Waals surface area contributed by atoms with Crippen LogP contribution in [0, 0.1) is 3.57 Å². The maximum absolute atomic E-state index is 13.6. The van der Waals surface area contributed by atoms with Crippen LogP contribution in [0.5, 0.6) is 0 Å². The summed E-state index contributed by atoms with van der Waals surface area (Å²) in [6.07, 6.45) is 0.305. The van der Waals surface area contributed by atoms with E-state index in [2.05, 4.69) is 27.9 Å². The summed E-state index contributed by atoms with van der Waals surface area (Å²) >= 11 is 2.12. The van der Waals surface area contributed by atoms with Crippen molar-refractivity contribution in [2.45, 2.75) is 37.2 Å². The fourth-order valence-electron chi connectivity index (χ4n) is 4.44. The molecule has 1 aliphatic carbocycles. The van der Waals surface area contributed by atoms with Crippen LogP contribution in [0.25, 0.3) is 0 Å². The van der Waals surface area contributed by atoms with Gasteiger partial charge in [-0.25, -0.2) is 4.79 Å². The lowest BCUT2D eigenvalue weighted by atomic mass is 9.90. The summed E-state index contributed by atoms with van der Waals surface area (Å²) in [4.78, 5) is 40.8. The summed E-state index contributed by atoms with van der Waals surface area (Å²) in [5.74, 6) is -1.25. The van der Waals surface area contributed by atoms with Crippen LogP contribution < -0.4 is 5.32 Å². The molecule has 9 nitrogen and oxygen atoms in total. The number of carbonyl (C=O) groups is 3. The first kappa shape index (κ1) is 27.2. The number of aliphatic hydroxyl groups is 1. The summed E-state index contributed by atoms with van der Waals surface area (Å²) in [6, 6.07) is 15.6. The van der Waals surface area contributed by atoms with Gasteiger partial charge in [-0.1, -0.05) is 36.4 Å². The van der Waals surface area contributed by atoms with Gasteiger partial charge in [-0.05, 0) is 52.4 Å². The maximum atomic E-state index is 13.6. The molecule has 0 unspecified atom stereocenters. The zero-order valence-electron chi connectivity index (χ0n) is 20.3. The molecule has 2 aromatic carbocycles. The molecule has 2 aliphatic rings. The Labute approximate surface area is 228 Å². The Bertz CT molecular complexity index is 1160. The van der Waals surface area contributed by atoms with Gasteiger partial charge >= 0.3 is 5.97 Å². The van der Waals surface area contributed by atoms with E-state index in [-0.39, 0.29) is 38.2 Å². The quantitative estimate of drug-likeness (QED) is 0.326. The second kappa shape index (κ2) is 12.6. The molecule has 2 aromatic rings. The normalized spacial score (nSPS) is 21.4. The van der Waals surface area contributed by atoms with Crippen LogP contribution in [0.2, 0.25) is 0 Å². The van der Waals surface area contributed by atoms with Gasteiger partial charge in [0.05, 0.1) is 12.2 Å². The third-order valence-corrected chi connectivity index (χ3v) is 7.04. The molecule has 0 radical (unpaired) electrons. The standard InChI is InChI=1S/C27H29IN2O7/c1-30(21(25(32)29-10-11-31)12-17-6-3-2-4-7-17)26(33)19-14-22-24(36-16-35-22)23(15-19)37-27(34)18-8-5-9-20(28)13-18/h2-9,13-14,21-24,31H,10-12,15-16H2,1H3,(H,29,32)/t21-,22-,23-,24-/m1/s1. The molecule has 37 heavy (non-hydrogen) atoms. The van der Waals surface area contributed by atoms with E-state index in [9.17, 15) is 14.4 Å². The van der Waals surface area contributed by atoms with Crippen LogP contribution in [-0.2, 0) is 30.2 Å². The Morgan fingerprint density at radius 2 is 1.95 bits per heavy atom. The monoisotopic (exact) mass is 620 g/mol. The van der Waals surface area contributed by atoms with E-state index >= 15 is 0 Å². The molecule has 4 atom stereocenters. The average Bonchev–Trinajstić information content (AvgIpc) is 3.39. The number of fused-ring (bicyclic) bond motifs is 1. The van der Waals surface area contributed by atoms with Crippen LogP contribution >= 0.6 is 22.6 Å². The maximum Gasteiger partial charge on any atom is 0.338 e. The lowest BCUT2D eigenvalue weighted by Gasteiger charge is -2.33. The van der Waals surface area contributed by atoms with Gasteiger partial charge in [-0.2, -0.15) is 0 Å². The number of halogens is 1. The third kappa shape index (κ3) is 6.75. The zero-order valence-corrected chi connectivity index (χ0v) is 22.5. The van der Waals surface area contributed by atoms with Crippen molar-refractivity contribution in [2.75, 3.05) is 27.0 Å². The number of likely N-dealkylation sites (N-methyl/N-ethyl adjacent to an activating group) is 1. The number of carbonyl (C=O) groups excluding carboxylic acids is 3. The van der Waals surface area contributed by atoms with Gasteiger partial charge < -0.3 is 29.5 Å². The van der Waals surface area contributed by atoms with E-state index < -0.39 is 30.3 Å². The Kier molecular flexibility index (Phi) is 9.30. The molecule has 196 valence electrons. The van der Waals surface area contributed by atoms with Crippen molar-refractivity contribution in [2.24, 2.45) is 0 Å². The first-order valence-corrected chi connectivity index (χ1v) is 13.1. The van der Waals surface area contributed by atoms with E-state index in [1.54, 1.807) is 31.3 Å². The van der Waals surface area contributed by atoms with E-state index in [1.165, 1.54) is 4.90 Å². The van der Waals surface area contributed by atoms with Gasteiger partial charge in [0, 0.05) is 35.6 Å². The molecule has 1 aliphatic heterocycles. The number of esters is 1. The van der Waals surface area contributed by atoms with Gasteiger partial charge in [0.1, 0.15) is 31.1 Å². The minimum atomic E-state index is -0.812. The second-order valence-corrected chi connectivity index (χ2v) is 10.1. The minimum absolute atomic E-state index is 0.0284. The largest absolute Gasteiger partial charge is 0.456 e. The molecule has 4 rings (SSSR count). The highest BCUT2D eigenvalue weighted by atomic mass is 127. The van der Waals surface area contributed by atoms with Gasteiger partial charge in [0.2, 0.25) is 11.8 Å². The molecule has 1 fully saturated rings. The minimum Gasteiger partial charge on any atom is -0.456 e. The number of benzene rings is 2. The zero-order chi connectivity index (χ0) is 26.4. The Morgan fingerprint density at radius 1 is 1.16 bits per heavy atom. The number of hydrogen-bond donors (Lipinski definition) is 2. The van der Waals surface area contributed by atoms with Crippen LogP contribution in [0.15, 0.2) is 66.2 Å². The predicted molar refractivity (Wildman–Crippen MR) is 142 cm³/mol. The van der Waals surface area contributed by atoms with Crippen molar-refractivity contribution < 1.29 is 33.7 Å². The Balaban J connectivity index is 1.53. The summed E-state index contributed by atoms with van der Waals surface area (Å²) in [5, 5.41) is 11.8. The summed E-state index contributed by atoms with van der Waals surface area (Å²) in [6.45, 7) is -0.0958. The topological polar surface area (TPSA) is 114 Å². The van der Waals surface area contributed by atoms with Crippen molar-refractivity contribution in [3.8, 4) is 0 Å². The average molecular weight is 620 g/mol. The highest BCUT2D eigenvalue weighted by molar-refractivity contribution is 14.1. The molecular weight excluding hydrogens is 591 g/mol. The van der Waals surface area contributed by atoms with E-state index in [0.29, 0.717) is 17.6 Å². The first-order chi connectivity index (χ1) is 17.9. The molecule has 0 aromatic heterocycles. The molecule has 1 heterocycles. The smallest absolute Gasteiger partial charge is 0.338 e. The molecule has 2 amide bonds. The fraction of sp³-hybridized carbons (Fsp3) is 0.370. The van der Waals surface area contributed by atoms with Crippen LogP contribution in [0.1, 0.15) is 22.3 Å². The highest BCUT2D eigenvalue weighted by Gasteiger charge is 2.43. The van der Waals surface area contributed by atoms with E-state index in [0.717, 1.165) is 9.13 Å². The second-order valence-electron chi connectivity index (χ2n) is 8.87. The SMILES string of the molecule is CN(C(=O)C1=C[C@H]2OCO[C@H]2[C@H](OC(=O)c2cccc(I)c2)C1)[C@H](Cc1ccccc1)C(=O)NCCO. The number of rotatable bonds is 9. The molecule has 10 heteroatoms. The van der Waals surface area contributed by atoms with E-state index in [1.807, 2.05) is 36.4 Å². The van der Waals surface area contributed by atoms with Crippen molar-refractivity contribution in [1.82, 2.24) is 10.2 Å². The fourth-order valence-corrected chi connectivity index (χ4v) is 4.99. The summed E-state index contributed by atoms with van der Waals surface area (Å²) < 4.78 is 18.0. The van der Waals surface area contributed by atoms with Gasteiger partial charge in [-0.3, -0.25) is 9.59 Å². The predicted octanol–water partition coefficient (Wildman–Crippen LogP) is 2.07. The lowest BCUT2D eigenvalue weighted by Crippen LogP contribution is -2.51. The Hall–Kier alpha value is -2.80. The first-order valence-electron chi connectivity index (χ1n) is 12.0. The molecule has 0 spiro atoms. The van der Waals surface area contributed by atoms with Gasteiger partial charge in [0.15, 0.2) is 0 Å². The number of nitrogens with one attached hydrogen (secondary N) is 1. The highest BCUT2D eigenvalue weighted by Crippen LogP contribution is 2.32. The number of hydrogen-bond acceptors (Lipinski definition) is 7. The summed E-state index contributed by atoms with van der Waals surface area (Å²) in [5.41, 5.74) is 1.67. The van der Waals surface area contributed by atoms with Crippen molar-refractivity contribution in [3.63, 3.8) is 0 Å². The molecule has 0 bridgehead atoms. The molecule has 1 saturated heterocycles. The van der Waals surface area contributed by atoms with Gasteiger partial charge in [0.25, 0.3) is 0 Å². The molecule has 2 N–H and O–H groups in total. The van der Waals surface area contributed by atoms with Crippen molar-refractivity contribution >= 4 is 40.4 Å². The van der Waals surface area contributed by atoms with Crippen LogP contribution in [-0.4, -0.2) is 79.1 Å². The van der Waals surface area contributed by atoms with Crippen LogP contribution in [0.3, 0.4) is 0 Å². The number of ether oxygens (including phenoxy) is 3. The van der Waals surface area contributed by atoms with Crippen molar-refractivity contribution in [3.05, 3.63) is 80.9 Å². The number of nitrogens with zero attached hydrogens (tertiary/aromatic N) is 1. The lowest BCUT2D eigenvalue weighted by molar-refractivity contribution is -0.137. The van der Waals surface area contributed by atoms with Crippen molar-refractivity contribution in [1.29, 1.82) is 0 Å². The number of amides is 2. The number of aliphatic hydroxyl groups excluding tert-OH is 1. The van der Waals surface area contributed by atoms with Crippen LogP contribution in [0.4, 0.5) is 0 Å². The van der Waals surface area contributed by atoms with E-state index in [4.69, 9.17) is 19.3 Å². The summed E-state index contributed by atoms with van der Waals surface area (Å²) in [7, 11) is 1.57. The molecular formula is C27H29IN2O7. The van der Waals surface area contributed by atoms with Gasteiger partial charge in [-0.15, -0.1) is 0 Å². The third-order valence-electron chi connectivity index (χ3n) is 6.36. The Morgan fingerprint density at radius 3 is 2.68 bits per heavy atom.